The van der Waals surface area contributed by atoms with Crippen LogP contribution in [0.1, 0.15) is 27.6 Å². The third-order valence-electron chi connectivity index (χ3n) is 2.49. The molecule has 4 heteroatoms. The monoisotopic (exact) mass is 267 g/mol. The third kappa shape index (κ3) is 1.49. The van der Waals surface area contributed by atoms with Crippen LogP contribution in [0, 0.1) is 0 Å². The molecule has 3 nitrogen and oxygen atoms in total. The van der Waals surface area contributed by atoms with Crippen molar-refractivity contribution in [3.8, 4) is 0 Å². The number of hydrogen-bond donors (Lipinski definition) is 0. The van der Waals surface area contributed by atoms with Gasteiger partial charge in [0.25, 0.3) is 11.8 Å². The molecule has 0 saturated heterocycles. The van der Waals surface area contributed by atoms with E-state index in [0.29, 0.717) is 16.5 Å². The van der Waals surface area contributed by atoms with Crippen LogP contribution in [0.2, 0.25) is 0 Å². The minimum atomic E-state index is -0.192. The van der Waals surface area contributed by atoms with Gasteiger partial charge >= 0.3 is 0 Å². The summed E-state index contributed by atoms with van der Waals surface area (Å²) in [4.78, 5) is 25.1. The minimum absolute atomic E-state index is 0.114. The zero-order valence-electron chi connectivity index (χ0n) is 8.24. The lowest BCUT2D eigenvalue weighted by molar-refractivity contribution is 0.0612. The number of carbonyl (C=O) groups is 2. The largest absolute Gasteiger partial charge is 0.271 e. The Morgan fingerprint density at radius 1 is 1.20 bits per heavy atom. The van der Waals surface area contributed by atoms with Crippen LogP contribution in [-0.2, 0) is 0 Å². The second kappa shape index (κ2) is 3.77. The van der Waals surface area contributed by atoms with Crippen LogP contribution in [-0.4, -0.2) is 28.1 Å². The summed E-state index contributed by atoms with van der Waals surface area (Å²) in [6.45, 7) is 1.84. The number of nitrogens with zero attached hydrogens (tertiary/aromatic N) is 1. The van der Waals surface area contributed by atoms with Crippen LogP contribution >= 0.6 is 15.9 Å². The SMILES string of the molecule is C[C@H](CBr)N1C(=O)c2ccccc2C1=O. The molecule has 2 amide bonds. The highest BCUT2D eigenvalue weighted by atomic mass is 79.9. The summed E-state index contributed by atoms with van der Waals surface area (Å²) in [5.41, 5.74) is 1.02. The smallest absolute Gasteiger partial charge is 0.261 e. The first kappa shape index (κ1) is 10.4. The normalized spacial score (nSPS) is 16.8. The second-order valence-electron chi connectivity index (χ2n) is 3.53. The fourth-order valence-electron chi connectivity index (χ4n) is 1.68. The van der Waals surface area contributed by atoms with Crippen LogP contribution in [0.3, 0.4) is 0 Å². The van der Waals surface area contributed by atoms with E-state index >= 15 is 0 Å². The van der Waals surface area contributed by atoms with Gasteiger partial charge in [-0.25, -0.2) is 0 Å². The topological polar surface area (TPSA) is 37.4 Å². The zero-order chi connectivity index (χ0) is 11.0. The highest BCUT2D eigenvalue weighted by Crippen LogP contribution is 2.24. The first-order valence-corrected chi connectivity index (χ1v) is 5.82. The Hall–Kier alpha value is -1.16. The third-order valence-corrected chi connectivity index (χ3v) is 3.43. The van der Waals surface area contributed by atoms with Gasteiger partial charge in [0, 0.05) is 11.4 Å². The molecule has 1 atom stereocenters. The van der Waals surface area contributed by atoms with Crippen molar-refractivity contribution in [3.63, 3.8) is 0 Å². The standard InChI is InChI=1S/C11H10BrNO2/c1-7(6-12)13-10(14)8-4-2-3-5-9(8)11(13)15/h2-5,7H,6H2,1H3/t7-/m1/s1. The highest BCUT2D eigenvalue weighted by molar-refractivity contribution is 9.09. The molecule has 0 bridgehead atoms. The van der Waals surface area contributed by atoms with E-state index in [1.54, 1.807) is 24.3 Å². The van der Waals surface area contributed by atoms with Gasteiger partial charge in [0.2, 0.25) is 0 Å². The van der Waals surface area contributed by atoms with Crippen molar-refractivity contribution in [2.45, 2.75) is 13.0 Å². The first-order valence-electron chi connectivity index (χ1n) is 4.69. The lowest BCUT2D eigenvalue weighted by Gasteiger charge is -2.19. The van der Waals surface area contributed by atoms with Crippen molar-refractivity contribution in [3.05, 3.63) is 35.4 Å². The van der Waals surface area contributed by atoms with E-state index in [1.807, 2.05) is 6.92 Å². The van der Waals surface area contributed by atoms with Crippen molar-refractivity contribution in [2.75, 3.05) is 5.33 Å². The molecule has 1 aliphatic rings. The van der Waals surface area contributed by atoms with Crippen molar-refractivity contribution < 1.29 is 9.59 Å². The fraction of sp³-hybridized carbons (Fsp3) is 0.273. The summed E-state index contributed by atoms with van der Waals surface area (Å²) in [6.07, 6.45) is 0. The molecular formula is C11H10BrNO2. The molecule has 1 aliphatic heterocycles. The molecule has 2 rings (SSSR count). The van der Waals surface area contributed by atoms with E-state index in [4.69, 9.17) is 0 Å². The number of alkyl halides is 1. The molecule has 0 N–H and O–H groups in total. The summed E-state index contributed by atoms with van der Waals surface area (Å²) < 4.78 is 0. The maximum atomic E-state index is 11.9. The van der Waals surface area contributed by atoms with Crippen LogP contribution in [0.5, 0.6) is 0 Å². The van der Waals surface area contributed by atoms with E-state index in [9.17, 15) is 9.59 Å². The molecule has 1 heterocycles. The second-order valence-corrected chi connectivity index (χ2v) is 4.18. The lowest BCUT2D eigenvalue weighted by Crippen LogP contribution is -2.38. The van der Waals surface area contributed by atoms with Crippen LogP contribution in [0.25, 0.3) is 0 Å². The van der Waals surface area contributed by atoms with Crippen molar-refractivity contribution >= 4 is 27.7 Å². The van der Waals surface area contributed by atoms with Crippen LogP contribution in [0.15, 0.2) is 24.3 Å². The molecule has 0 unspecified atom stereocenters. The number of halogens is 1. The van der Waals surface area contributed by atoms with Gasteiger partial charge in [-0.1, -0.05) is 28.1 Å². The number of amides is 2. The number of rotatable bonds is 2. The number of fused-ring (bicyclic) bond motifs is 1. The molecule has 15 heavy (non-hydrogen) atoms. The summed E-state index contributed by atoms with van der Waals surface area (Å²) in [5.74, 6) is -0.384. The number of imide groups is 1. The molecular weight excluding hydrogens is 258 g/mol. The Morgan fingerprint density at radius 2 is 1.67 bits per heavy atom. The molecule has 0 aliphatic carbocycles. The number of carbonyl (C=O) groups excluding carboxylic acids is 2. The molecule has 0 fully saturated rings. The van der Waals surface area contributed by atoms with E-state index in [-0.39, 0.29) is 17.9 Å². The Kier molecular flexibility index (Phi) is 2.61. The van der Waals surface area contributed by atoms with Gasteiger partial charge in [0.05, 0.1) is 11.1 Å². The van der Waals surface area contributed by atoms with Gasteiger partial charge in [0.1, 0.15) is 0 Å². The maximum Gasteiger partial charge on any atom is 0.261 e. The van der Waals surface area contributed by atoms with Crippen molar-refractivity contribution in [1.82, 2.24) is 4.90 Å². The first-order chi connectivity index (χ1) is 7.16. The van der Waals surface area contributed by atoms with Gasteiger partial charge in [-0.3, -0.25) is 14.5 Å². The Balaban J connectivity index is 2.45. The predicted molar refractivity (Wildman–Crippen MR) is 60.2 cm³/mol. The van der Waals surface area contributed by atoms with E-state index in [2.05, 4.69) is 15.9 Å². The Bertz CT molecular complexity index is 395. The fourth-order valence-corrected chi connectivity index (χ4v) is 1.97. The lowest BCUT2D eigenvalue weighted by atomic mass is 10.1. The Morgan fingerprint density at radius 3 is 2.07 bits per heavy atom. The van der Waals surface area contributed by atoms with Crippen LogP contribution in [0.4, 0.5) is 0 Å². The summed E-state index contributed by atoms with van der Waals surface area (Å²) >= 11 is 3.28. The maximum absolute atomic E-state index is 11.9. The van der Waals surface area contributed by atoms with Gasteiger partial charge in [-0.15, -0.1) is 0 Å². The average molecular weight is 268 g/mol. The van der Waals surface area contributed by atoms with Crippen molar-refractivity contribution in [1.29, 1.82) is 0 Å². The van der Waals surface area contributed by atoms with Gasteiger partial charge in [-0.05, 0) is 19.1 Å². The molecule has 0 spiro atoms. The number of hydrogen-bond acceptors (Lipinski definition) is 2. The summed E-state index contributed by atoms with van der Waals surface area (Å²) in [6, 6.07) is 6.81. The van der Waals surface area contributed by atoms with E-state index in [0.717, 1.165) is 0 Å². The molecule has 0 aromatic heterocycles. The highest BCUT2D eigenvalue weighted by Gasteiger charge is 2.37. The predicted octanol–water partition coefficient (Wildman–Crippen LogP) is 2.07. The van der Waals surface area contributed by atoms with E-state index < -0.39 is 0 Å². The van der Waals surface area contributed by atoms with E-state index in [1.165, 1.54) is 4.90 Å². The molecule has 1 aromatic rings. The summed E-state index contributed by atoms with van der Waals surface area (Å²) in [7, 11) is 0. The Labute approximate surface area is 96.2 Å². The average Bonchev–Trinajstić information content (AvgIpc) is 2.52. The van der Waals surface area contributed by atoms with Gasteiger partial charge < -0.3 is 0 Å². The molecule has 1 aromatic carbocycles. The molecule has 0 radical (unpaired) electrons. The molecule has 78 valence electrons. The zero-order valence-corrected chi connectivity index (χ0v) is 9.82. The van der Waals surface area contributed by atoms with Gasteiger partial charge in [0.15, 0.2) is 0 Å². The minimum Gasteiger partial charge on any atom is -0.271 e. The summed E-state index contributed by atoms with van der Waals surface area (Å²) in [5, 5.41) is 0.596. The quantitative estimate of drug-likeness (QED) is 0.608. The van der Waals surface area contributed by atoms with Gasteiger partial charge in [-0.2, -0.15) is 0 Å². The molecule has 0 saturated carbocycles. The van der Waals surface area contributed by atoms with Crippen molar-refractivity contribution in [2.24, 2.45) is 0 Å². The van der Waals surface area contributed by atoms with Crippen LogP contribution < -0.4 is 0 Å². The number of benzene rings is 1.